The molecule has 0 saturated heterocycles. The van der Waals surface area contributed by atoms with Crippen molar-refractivity contribution in [2.45, 2.75) is 0 Å². The molecule has 2 rings (SSSR count). The molecule has 0 amide bonds. The molecule has 76 valence electrons. The van der Waals surface area contributed by atoms with Crippen molar-refractivity contribution in [2.75, 3.05) is 7.11 Å². The van der Waals surface area contributed by atoms with E-state index in [0.717, 1.165) is 17.3 Å². The molecule has 1 N–H and O–H groups in total. The third-order valence-corrected chi connectivity index (χ3v) is 1.91. The summed E-state index contributed by atoms with van der Waals surface area (Å²) in [5, 5.41) is 0. The van der Waals surface area contributed by atoms with Gasteiger partial charge < -0.3 is 9.72 Å². The highest BCUT2D eigenvalue weighted by molar-refractivity contribution is 5.77. The Kier molecular flexibility index (Phi) is 2.78. The molecular weight excluding hydrogens is 190 g/mol. The summed E-state index contributed by atoms with van der Waals surface area (Å²) in [7, 11) is 1.63. The lowest BCUT2D eigenvalue weighted by molar-refractivity contribution is 0.415. The first-order valence-electron chi connectivity index (χ1n) is 4.56. The van der Waals surface area contributed by atoms with Gasteiger partial charge in [0.05, 0.1) is 19.0 Å². The predicted molar refractivity (Wildman–Crippen MR) is 58.8 cm³/mol. The monoisotopic (exact) mass is 201 g/mol. The third-order valence-electron chi connectivity index (χ3n) is 1.91. The minimum absolute atomic E-state index is 0.734. The Morgan fingerprint density at radius 2 is 2.40 bits per heavy atom. The molecule has 0 unspecified atom stereocenters. The number of hydrogen-bond donors (Lipinski definition) is 1. The van der Waals surface area contributed by atoms with Crippen LogP contribution in [-0.4, -0.2) is 23.3 Å². The summed E-state index contributed by atoms with van der Waals surface area (Å²) in [6, 6.07) is 7.54. The molecule has 0 aliphatic heterocycles. The number of nitrogens with zero attached hydrogens (tertiary/aromatic N) is 2. The fourth-order valence-electron chi connectivity index (χ4n) is 1.17. The summed E-state index contributed by atoms with van der Waals surface area (Å²) in [6.07, 6.45) is 5.12. The fourth-order valence-corrected chi connectivity index (χ4v) is 1.17. The lowest BCUT2D eigenvalue weighted by Crippen LogP contribution is -1.83. The minimum Gasteiger partial charge on any atom is -0.497 e. The maximum absolute atomic E-state index is 5.09. The highest BCUT2D eigenvalue weighted by atomic mass is 16.5. The molecule has 0 fully saturated rings. The molecule has 2 aromatic rings. The van der Waals surface area contributed by atoms with E-state index in [-0.39, 0.29) is 0 Å². The van der Waals surface area contributed by atoms with Crippen molar-refractivity contribution in [1.82, 2.24) is 9.97 Å². The molecule has 0 spiro atoms. The van der Waals surface area contributed by atoms with Crippen molar-refractivity contribution >= 4 is 11.9 Å². The molecule has 4 heteroatoms. The van der Waals surface area contributed by atoms with Crippen LogP contribution in [0.1, 0.15) is 5.82 Å². The van der Waals surface area contributed by atoms with Crippen LogP contribution in [0.4, 0.5) is 5.69 Å². The van der Waals surface area contributed by atoms with Crippen molar-refractivity contribution in [3.63, 3.8) is 0 Å². The Balaban J connectivity index is 2.17. The lowest BCUT2D eigenvalue weighted by Gasteiger charge is -1.98. The van der Waals surface area contributed by atoms with Crippen molar-refractivity contribution in [3.8, 4) is 5.75 Å². The Morgan fingerprint density at radius 1 is 1.47 bits per heavy atom. The molecule has 4 nitrogen and oxygen atoms in total. The van der Waals surface area contributed by atoms with E-state index in [1.54, 1.807) is 25.7 Å². The average molecular weight is 201 g/mol. The number of methoxy groups -OCH3 is 1. The van der Waals surface area contributed by atoms with Crippen LogP contribution < -0.4 is 4.74 Å². The fraction of sp³-hybridized carbons (Fsp3) is 0.0909. The second kappa shape index (κ2) is 4.41. The van der Waals surface area contributed by atoms with E-state index in [4.69, 9.17) is 4.74 Å². The number of rotatable bonds is 3. The van der Waals surface area contributed by atoms with Gasteiger partial charge in [0.1, 0.15) is 11.6 Å². The molecule has 0 radical (unpaired) electrons. The van der Waals surface area contributed by atoms with Crippen LogP contribution in [0.25, 0.3) is 0 Å². The topological polar surface area (TPSA) is 50.3 Å². The first kappa shape index (κ1) is 9.45. The Labute approximate surface area is 87.7 Å². The van der Waals surface area contributed by atoms with Gasteiger partial charge in [0.15, 0.2) is 0 Å². The van der Waals surface area contributed by atoms with Crippen LogP contribution >= 0.6 is 0 Å². The largest absolute Gasteiger partial charge is 0.497 e. The Bertz CT molecular complexity index is 449. The SMILES string of the molecule is COc1cccc(/N=C/c2ncc[nH]2)c1. The molecule has 0 atom stereocenters. The van der Waals surface area contributed by atoms with Gasteiger partial charge in [0.25, 0.3) is 0 Å². The van der Waals surface area contributed by atoms with Gasteiger partial charge in [0.2, 0.25) is 0 Å². The molecule has 15 heavy (non-hydrogen) atoms. The smallest absolute Gasteiger partial charge is 0.148 e. The van der Waals surface area contributed by atoms with Crippen LogP contribution in [0.5, 0.6) is 5.75 Å². The molecule has 0 saturated carbocycles. The predicted octanol–water partition coefficient (Wildman–Crippen LogP) is 2.17. The summed E-state index contributed by atoms with van der Waals surface area (Å²) in [4.78, 5) is 11.2. The van der Waals surface area contributed by atoms with Gasteiger partial charge in [0, 0.05) is 18.5 Å². The van der Waals surface area contributed by atoms with Crippen molar-refractivity contribution in [2.24, 2.45) is 4.99 Å². The highest BCUT2D eigenvalue weighted by Gasteiger charge is 1.93. The average Bonchev–Trinajstić information content (AvgIpc) is 2.79. The summed E-state index contributed by atoms with van der Waals surface area (Å²) in [5.74, 6) is 1.53. The summed E-state index contributed by atoms with van der Waals surface area (Å²) >= 11 is 0. The number of aliphatic imine (C=N–C) groups is 1. The number of ether oxygens (including phenoxy) is 1. The van der Waals surface area contributed by atoms with E-state index >= 15 is 0 Å². The van der Waals surface area contributed by atoms with Crippen molar-refractivity contribution in [3.05, 3.63) is 42.5 Å². The van der Waals surface area contributed by atoms with Crippen LogP contribution in [0, 0.1) is 0 Å². The van der Waals surface area contributed by atoms with Gasteiger partial charge in [-0.3, -0.25) is 4.99 Å². The van der Waals surface area contributed by atoms with Crippen molar-refractivity contribution < 1.29 is 4.74 Å². The molecule has 1 aromatic carbocycles. The van der Waals surface area contributed by atoms with E-state index in [0.29, 0.717) is 0 Å². The quantitative estimate of drug-likeness (QED) is 0.773. The number of H-pyrrole nitrogens is 1. The zero-order valence-corrected chi connectivity index (χ0v) is 8.34. The van der Waals surface area contributed by atoms with E-state index in [2.05, 4.69) is 15.0 Å². The number of hydrogen-bond acceptors (Lipinski definition) is 3. The molecule has 0 aliphatic carbocycles. The van der Waals surface area contributed by atoms with Gasteiger partial charge in [-0.15, -0.1) is 0 Å². The van der Waals surface area contributed by atoms with Gasteiger partial charge in [-0.25, -0.2) is 4.98 Å². The van der Waals surface area contributed by atoms with Crippen molar-refractivity contribution in [1.29, 1.82) is 0 Å². The molecular formula is C11H11N3O. The van der Waals surface area contributed by atoms with Gasteiger partial charge in [-0.05, 0) is 12.1 Å². The highest BCUT2D eigenvalue weighted by Crippen LogP contribution is 2.18. The minimum atomic E-state index is 0.734. The van der Waals surface area contributed by atoms with E-state index in [9.17, 15) is 0 Å². The second-order valence-corrected chi connectivity index (χ2v) is 2.93. The number of imidazole rings is 1. The molecule has 1 heterocycles. The molecule has 0 bridgehead atoms. The van der Waals surface area contributed by atoms with Crippen LogP contribution in [0.3, 0.4) is 0 Å². The van der Waals surface area contributed by atoms with E-state index in [1.165, 1.54) is 0 Å². The van der Waals surface area contributed by atoms with Gasteiger partial charge >= 0.3 is 0 Å². The lowest BCUT2D eigenvalue weighted by atomic mass is 10.3. The first-order valence-corrected chi connectivity index (χ1v) is 4.56. The maximum Gasteiger partial charge on any atom is 0.148 e. The Hall–Kier alpha value is -2.10. The first-order chi connectivity index (χ1) is 7.38. The van der Waals surface area contributed by atoms with E-state index in [1.807, 2.05) is 24.3 Å². The standard InChI is InChI=1S/C11H11N3O/c1-15-10-4-2-3-9(7-10)14-8-11-12-5-6-13-11/h2-8H,1H3,(H,12,13)/b14-8+. The molecule has 0 aliphatic rings. The number of aromatic nitrogens is 2. The van der Waals surface area contributed by atoms with Crippen LogP contribution in [-0.2, 0) is 0 Å². The van der Waals surface area contributed by atoms with Gasteiger partial charge in [-0.1, -0.05) is 6.07 Å². The summed E-state index contributed by atoms with van der Waals surface area (Å²) < 4.78 is 5.09. The number of nitrogens with one attached hydrogen (secondary N) is 1. The third kappa shape index (κ3) is 2.43. The zero-order chi connectivity index (χ0) is 10.5. The summed E-state index contributed by atoms with van der Waals surface area (Å²) in [5.41, 5.74) is 0.839. The van der Waals surface area contributed by atoms with Crippen LogP contribution in [0.15, 0.2) is 41.7 Å². The van der Waals surface area contributed by atoms with E-state index < -0.39 is 0 Å². The maximum atomic E-state index is 5.09. The summed E-state index contributed by atoms with van der Waals surface area (Å²) in [6.45, 7) is 0. The van der Waals surface area contributed by atoms with Gasteiger partial charge in [-0.2, -0.15) is 0 Å². The normalized spacial score (nSPS) is 10.7. The molecule has 1 aromatic heterocycles. The second-order valence-electron chi connectivity index (χ2n) is 2.93. The number of aromatic amines is 1. The number of benzene rings is 1. The van der Waals surface area contributed by atoms with Crippen LogP contribution in [0.2, 0.25) is 0 Å². The zero-order valence-electron chi connectivity index (χ0n) is 8.34. The Morgan fingerprint density at radius 3 is 3.13 bits per heavy atom.